The van der Waals surface area contributed by atoms with Crippen molar-refractivity contribution >= 4 is 97.2 Å². The van der Waals surface area contributed by atoms with Gasteiger partial charge in [-0.3, -0.25) is 4.98 Å². The van der Waals surface area contributed by atoms with Gasteiger partial charge in [-0.1, -0.05) is 211 Å². The molecule has 4 aliphatic rings. The molecule has 6 nitrogen and oxygen atoms in total. The Morgan fingerprint density at radius 3 is 1.22 bits per heavy atom. The number of aromatic nitrogens is 6. The van der Waals surface area contributed by atoms with Crippen LogP contribution in [0.2, 0.25) is 101 Å². The van der Waals surface area contributed by atoms with Gasteiger partial charge in [0.1, 0.15) is 28.2 Å². The Morgan fingerprint density at radius 2 is 0.806 bits per heavy atom. The molecule has 0 N–H and O–H groups in total. The van der Waals surface area contributed by atoms with E-state index in [2.05, 4.69) is 315 Å². The number of para-hydroxylation sites is 1. The van der Waals surface area contributed by atoms with E-state index in [0.29, 0.717) is 23.6 Å². The molecule has 0 amide bonds. The van der Waals surface area contributed by atoms with Gasteiger partial charge in [-0.15, -0.1) is 0 Å². The number of rotatable bonds is 11. The van der Waals surface area contributed by atoms with Crippen LogP contribution >= 0.6 is 0 Å². The predicted octanol–water partition coefficient (Wildman–Crippen LogP) is 29.8. The van der Waals surface area contributed by atoms with Crippen LogP contribution in [0.15, 0.2) is 231 Å². The van der Waals surface area contributed by atoms with E-state index in [1.807, 2.05) is 55.3 Å². The standard InChI is InChI=1S/C33H39N2Si.C29H33N2Si.C27H36NSi.C25H32NSi/c1-22(2)35-31-10-8-7-9-28(31)30-19-23(3)29(21-32(30)35)33-27-12-11-25(20-26(27)13-16-34(33)4)24-14-17-36(5,6)18-15-24;1-21-7-8-24(26-6-5-14-30-20-26)19-28(21)29-27-10-9-23(18-25(27)11-15-31(29)2)22-12-16-32(3,4)17-13-22;1-7-21-16-19(2)17-26(20(21)3)27-25-9-8-23(18-24(25)10-13-28(27)4)22-11-14-29(5,6)15-12-22;1-18-7-6-8-23(19(18)2)25-24-10-9-21(17-22(24)11-14-26(25)3)20-12-15-27(4,5)16-13-20/h7-13,16,19-22,24H,14-15,17-18H2,1-6H3;5-11,14-15,18-20,22H,12-13,16-17H2,1-4H3;8-10,13,16-18,22H,7,11-12,14-15H2,1-6H3;6-11,14,17,20H,12-13,15-16H2,1-5H3/q4*+1/i;;2D3,7D2;6D. The van der Waals surface area contributed by atoms with E-state index in [1.165, 1.54) is 245 Å². The first-order valence-electron chi connectivity index (χ1n) is 49.6. The summed E-state index contributed by atoms with van der Waals surface area (Å²) in [5.74, 6) is 2.80. The number of aryl methyl sites for hydroxylation is 9. The third kappa shape index (κ3) is 18.5. The van der Waals surface area contributed by atoms with Crippen LogP contribution in [0, 0.1) is 41.5 Å². The lowest BCUT2D eigenvalue weighted by atomic mass is 9.89. The molecule has 9 aromatic carbocycles. The van der Waals surface area contributed by atoms with Gasteiger partial charge in [0, 0.05) is 109 Å². The van der Waals surface area contributed by atoms with Gasteiger partial charge in [0.05, 0.1) is 45.1 Å². The smallest absolute Gasteiger partial charge is 0.220 e. The summed E-state index contributed by atoms with van der Waals surface area (Å²) in [6.07, 6.45) is 21.5. The third-order valence-corrected chi connectivity index (χ3v) is 43.1. The zero-order valence-corrected chi connectivity index (χ0v) is 82.2. The average Bonchev–Trinajstić information content (AvgIpc) is 1.58. The monoisotopic (exact) mass is 1710 g/mol. The summed E-state index contributed by atoms with van der Waals surface area (Å²) in [5.41, 5.74) is 26.8. The molecule has 0 spiro atoms. The fraction of sp³-hybridized carbons (Fsp3) is 0.377. The maximum absolute atomic E-state index is 8.34. The first-order valence-corrected chi connectivity index (χ1v) is 60.2. The highest BCUT2D eigenvalue weighted by Crippen LogP contribution is 2.47. The Kier molecular flexibility index (Phi) is 23.3. The van der Waals surface area contributed by atoms with Crippen molar-refractivity contribution in [2.24, 2.45) is 28.2 Å². The SMILES string of the molecule is Cc1cc2c3ccccc3n(C(C)C)c2cc1-c1c2ccc(C3CC[Si](C)(C)CC3)cc2cc[n+]1C.Cc1ccc(-c2cccnc2)cc1-c1c2ccc(C3CC[Si](C)(C)CC3)cc2cc[n+]1C.[2H]C([2H])([2H])c1cc(-c2c3ccc(C4CC[Si](C)(C)CC4)cc3cc[n+]2C)c(C)c(C([2H])([2H])C)c1.[2H]c1cc(C)c(C)c(-c2c3ccc(C4CC[Si](C)(C)CC4)cc3cc[n+]2C)c1. The molecular weight excluding hydrogens is 1570 g/mol. The third-order valence-electron chi connectivity index (χ3n) is 29.9. The zero-order chi connectivity index (χ0) is 92.6. The van der Waals surface area contributed by atoms with Crippen molar-refractivity contribution in [2.45, 2.75) is 250 Å². The van der Waals surface area contributed by atoms with Crippen molar-refractivity contribution in [1.82, 2.24) is 9.55 Å². The van der Waals surface area contributed by atoms with Gasteiger partial charge in [-0.25, -0.2) is 18.3 Å². The minimum absolute atomic E-state index is 0.177. The highest BCUT2D eigenvalue weighted by atomic mass is 28.3. The Morgan fingerprint density at radius 1 is 0.387 bits per heavy atom. The van der Waals surface area contributed by atoms with Crippen molar-refractivity contribution in [3.8, 4) is 56.2 Å². The van der Waals surface area contributed by atoms with E-state index in [9.17, 15) is 0 Å². The molecule has 6 aromatic heterocycles. The fourth-order valence-corrected chi connectivity index (χ4v) is 31.6. The average molecular weight is 1710 g/mol. The van der Waals surface area contributed by atoms with Crippen LogP contribution < -0.4 is 18.3 Å². The van der Waals surface area contributed by atoms with E-state index >= 15 is 0 Å². The van der Waals surface area contributed by atoms with Crippen LogP contribution in [0.5, 0.6) is 0 Å². The van der Waals surface area contributed by atoms with Gasteiger partial charge in [-0.2, -0.15) is 0 Å². The number of hydrogen-bond donors (Lipinski definition) is 0. The molecular formula is C114H140N6Si4+4. The largest absolute Gasteiger partial charge is 0.338 e. The van der Waals surface area contributed by atoms with Crippen LogP contribution in [0.3, 0.4) is 0 Å². The fourth-order valence-electron chi connectivity index (χ4n) is 21.6. The second kappa shape index (κ2) is 36.1. The molecule has 10 heterocycles. The molecule has 19 rings (SSSR count). The Hall–Kier alpha value is -9.56. The normalized spacial score (nSPS) is 17.7. The molecule has 4 saturated heterocycles. The molecule has 638 valence electrons. The summed E-state index contributed by atoms with van der Waals surface area (Å²) in [5, 5.41) is 12.9. The minimum Gasteiger partial charge on any atom is -0.338 e. The first kappa shape index (κ1) is 80.3. The molecule has 0 saturated carbocycles. The van der Waals surface area contributed by atoms with Crippen LogP contribution in [-0.4, -0.2) is 41.8 Å². The molecule has 0 aliphatic carbocycles. The Bertz CT molecular complexity index is 6780. The van der Waals surface area contributed by atoms with Gasteiger partial charge in [0.25, 0.3) is 0 Å². The maximum Gasteiger partial charge on any atom is 0.220 e. The molecule has 4 aliphatic heterocycles. The van der Waals surface area contributed by atoms with Gasteiger partial charge in [-0.05, 0) is 292 Å². The topological polar surface area (TPSA) is 33.3 Å². The van der Waals surface area contributed by atoms with Crippen molar-refractivity contribution in [3.63, 3.8) is 0 Å². The van der Waals surface area contributed by atoms with E-state index < -0.39 is 45.5 Å². The second-order valence-corrected chi connectivity index (χ2v) is 62.6. The van der Waals surface area contributed by atoms with Crippen molar-refractivity contribution in [2.75, 3.05) is 0 Å². The lowest BCUT2D eigenvalue weighted by Crippen LogP contribution is -2.31. The summed E-state index contributed by atoms with van der Waals surface area (Å²) in [7, 11) is 4.64. The molecule has 15 aromatic rings. The summed E-state index contributed by atoms with van der Waals surface area (Å²) >= 11 is 0. The molecule has 124 heavy (non-hydrogen) atoms. The lowest BCUT2D eigenvalue weighted by Gasteiger charge is -2.33. The highest BCUT2D eigenvalue weighted by molar-refractivity contribution is 6.78. The maximum atomic E-state index is 8.34. The van der Waals surface area contributed by atoms with Crippen LogP contribution in [-0.2, 0) is 34.6 Å². The van der Waals surface area contributed by atoms with E-state index in [4.69, 9.17) is 8.22 Å². The summed E-state index contributed by atoms with van der Waals surface area (Å²) < 4.78 is 60.2. The summed E-state index contributed by atoms with van der Waals surface area (Å²) in [4.78, 5) is 4.31. The highest BCUT2D eigenvalue weighted by Gasteiger charge is 2.35. The lowest BCUT2D eigenvalue weighted by molar-refractivity contribution is -0.659. The second-order valence-electron chi connectivity index (χ2n) is 41.3. The first-order chi connectivity index (χ1) is 61.6. The number of pyridine rings is 5. The number of nitrogens with zero attached hydrogens (tertiary/aromatic N) is 6. The van der Waals surface area contributed by atoms with Gasteiger partial charge in [0.15, 0.2) is 24.8 Å². The summed E-state index contributed by atoms with van der Waals surface area (Å²) in [6.45, 7) is 34.7. The number of hydrogen-bond acceptors (Lipinski definition) is 1. The Balaban J connectivity index is 0.000000127. The quantitative estimate of drug-likeness (QED) is 0.0938. The molecule has 0 unspecified atom stereocenters. The van der Waals surface area contributed by atoms with Crippen LogP contribution in [0.25, 0.3) is 121 Å². The molecule has 4 fully saturated rings. The summed E-state index contributed by atoms with van der Waals surface area (Å²) in [6, 6.07) is 81.7. The van der Waals surface area contributed by atoms with Gasteiger partial charge >= 0.3 is 0 Å². The van der Waals surface area contributed by atoms with Crippen molar-refractivity contribution in [3.05, 3.63) is 292 Å². The number of benzene rings is 9. The van der Waals surface area contributed by atoms with E-state index in [-0.39, 0.29) is 5.56 Å². The molecule has 0 atom stereocenters. The van der Waals surface area contributed by atoms with E-state index in [1.54, 1.807) is 11.6 Å². The van der Waals surface area contributed by atoms with Crippen molar-refractivity contribution in [1.29, 1.82) is 0 Å². The zero-order valence-electron chi connectivity index (χ0n) is 84.2. The van der Waals surface area contributed by atoms with E-state index in [0.717, 1.165) is 50.9 Å². The van der Waals surface area contributed by atoms with Gasteiger partial charge in [0.2, 0.25) is 22.8 Å². The van der Waals surface area contributed by atoms with Crippen LogP contribution in [0.4, 0.5) is 0 Å². The Labute approximate surface area is 755 Å². The minimum atomic E-state index is -2.31. The van der Waals surface area contributed by atoms with Crippen LogP contribution in [0.1, 0.15) is 171 Å². The molecule has 0 bridgehead atoms. The molecule has 10 heteroatoms. The van der Waals surface area contributed by atoms with Gasteiger partial charge < -0.3 is 4.57 Å². The number of fused-ring (bicyclic) bond motifs is 7. The predicted molar refractivity (Wildman–Crippen MR) is 543 cm³/mol. The van der Waals surface area contributed by atoms with Crippen molar-refractivity contribution < 1.29 is 26.5 Å². The molecule has 0 radical (unpaired) electrons.